The molecule has 0 bridgehead atoms. The van der Waals surface area contributed by atoms with Crippen molar-refractivity contribution in [2.24, 2.45) is 11.8 Å². The highest BCUT2D eigenvalue weighted by Gasteiger charge is 2.30. The molecule has 0 N–H and O–H groups in total. The van der Waals surface area contributed by atoms with Gasteiger partial charge in [-0.25, -0.2) is 0 Å². The second-order valence-electron chi connectivity index (χ2n) is 5.50. The molecule has 1 fully saturated rings. The molecule has 2 nitrogen and oxygen atoms in total. The van der Waals surface area contributed by atoms with Crippen LogP contribution in [0, 0.1) is 11.8 Å². The van der Waals surface area contributed by atoms with Crippen LogP contribution in [-0.4, -0.2) is 20.3 Å². The van der Waals surface area contributed by atoms with Gasteiger partial charge in [0.05, 0.1) is 11.1 Å². The first-order chi connectivity index (χ1) is 9.63. The zero-order valence-corrected chi connectivity index (χ0v) is 15.2. The van der Waals surface area contributed by atoms with Crippen LogP contribution in [0.2, 0.25) is 0 Å². The lowest BCUT2D eigenvalue weighted by Gasteiger charge is -2.22. The van der Waals surface area contributed by atoms with Crippen molar-refractivity contribution in [3.05, 3.63) is 28.2 Å². The van der Waals surface area contributed by atoms with Crippen LogP contribution in [0.15, 0.2) is 22.7 Å². The monoisotopic (exact) mass is 404 g/mol. The summed E-state index contributed by atoms with van der Waals surface area (Å²) < 4.78 is 11.7. The van der Waals surface area contributed by atoms with Crippen LogP contribution in [0.1, 0.15) is 36.6 Å². The third-order valence-corrected chi connectivity index (χ3v) is 5.95. The van der Waals surface area contributed by atoms with Crippen molar-refractivity contribution in [3.63, 3.8) is 0 Å². The first-order valence-corrected chi connectivity index (χ1v) is 8.89. The van der Waals surface area contributed by atoms with Gasteiger partial charge in [0.25, 0.3) is 0 Å². The summed E-state index contributed by atoms with van der Waals surface area (Å²) in [6.07, 6.45) is 4.03. The Bertz CT molecular complexity index is 436. The van der Waals surface area contributed by atoms with E-state index in [-0.39, 0.29) is 0 Å². The van der Waals surface area contributed by atoms with Gasteiger partial charge in [0.15, 0.2) is 0 Å². The second kappa shape index (κ2) is 7.81. The van der Waals surface area contributed by atoms with E-state index in [9.17, 15) is 0 Å². The number of alkyl halides is 1. The highest BCUT2D eigenvalue weighted by atomic mass is 79.9. The maximum Gasteiger partial charge on any atom is 0.133 e. The van der Waals surface area contributed by atoms with Crippen LogP contribution < -0.4 is 4.74 Å². The van der Waals surface area contributed by atoms with Crippen molar-refractivity contribution >= 4 is 31.9 Å². The molecule has 0 heterocycles. The van der Waals surface area contributed by atoms with Crippen molar-refractivity contribution in [3.8, 4) is 5.75 Å². The van der Waals surface area contributed by atoms with E-state index in [1.165, 1.54) is 24.8 Å². The smallest absolute Gasteiger partial charge is 0.133 e. The van der Waals surface area contributed by atoms with E-state index >= 15 is 0 Å². The molecule has 1 aromatic rings. The van der Waals surface area contributed by atoms with E-state index in [1.54, 1.807) is 7.11 Å². The van der Waals surface area contributed by atoms with Crippen molar-refractivity contribution in [1.82, 2.24) is 0 Å². The summed E-state index contributed by atoms with van der Waals surface area (Å²) in [6, 6.07) is 6.38. The van der Waals surface area contributed by atoms with E-state index in [2.05, 4.69) is 50.9 Å². The summed E-state index contributed by atoms with van der Waals surface area (Å²) in [5.41, 5.74) is 1.33. The Balaban J connectivity index is 2.04. The van der Waals surface area contributed by atoms with E-state index < -0.39 is 0 Å². The first-order valence-electron chi connectivity index (χ1n) is 7.18. The highest BCUT2D eigenvalue weighted by molar-refractivity contribution is 9.10. The van der Waals surface area contributed by atoms with E-state index in [1.807, 2.05) is 6.07 Å². The van der Waals surface area contributed by atoms with Gasteiger partial charge in [0.2, 0.25) is 0 Å². The average molecular weight is 406 g/mol. The minimum atomic E-state index is 0.435. The predicted octanol–water partition coefficient (Wildman–Crippen LogP) is 5.35. The molecule has 1 aliphatic rings. The molecule has 1 saturated carbocycles. The highest BCUT2D eigenvalue weighted by Crippen LogP contribution is 2.45. The SMILES string of the molecule is COCCOc1ccc(C(Br)C2CCCC2C)cc1Br. The standard InChI is InChI=1S/C16H22Br2O2/c1-11-4-3-5-13(11)16(18)12-6-7-15(14(17)10-12)20-9-8-19-2/h6-7,10-11,13,16H,3-5,8-9H2,1-2H3. The Morgan fingerprint density at radius 2 is 2.10 bits per heavy atom. The number of benzene rings is 1. The third-order valence-electron chi connectivity index (χ3n) is 4.12. The van der Waals surface area contributed by atoms with Crippen molar-refractivity contribution in [1.29, 1.82) is 0 Å². The summed E-state index contributed by atoms with van der Waals surface area (Å²) in [5, 5.41) is 0. The predicted molar refractivity (Wildman–Crippen MR) is 89.7 cm³/mol. The molecule has 0 aromatic heterocycles. The minimum Gasteiger partial charge on any atom is -0.490 e. The summed E-state index contributed by atoms with van der Waals surface area (Å²) >= 11 is 7.50. The van der Waals surface area contributed by atoms with Crippen molar-refractivity contribution < 1.29 is 9.47 Å². The van der Waals surface area contributed by atoms with Crippen LogP contribution >= 0.6 is 31.9 Å². The zero-order chi connectivity index (χ0) is 14.5. The quantitative estimate of drug-likeness (QED) is 0.469. The largest absolute Gasteiger partial charge is 0.490 e. The minimum absolute atomic E-state index is 0.435. The molecule has 0 aliphatic heterocycles. The Morgan fingerprint density at radius 3 is 2.70 bits per heavy atom. The van der Waals surface area contributed by atoms with Gasteiger partial charge >= 0.3 is 0 Å². The molecule has 0 amide bonds. The molecule has 1 aliphatic carbocycles. The number of halogens is 2. The van der Waals surface area contributed by atoms with Crippen LogP contribution in [0.5, 0.6) is 5.75 Å². The van der Waals surface area contributed by atoms with Crippen LogP contribution in [0.25, 0.3) is 0 Å². The fraction of sp³-hybridized carbons (Fsp3) is 0.625. The van der Waals surface area contributed by atoms with Crippen LogP contribution in [0.3, 0.4) is 0 Å². The lowest BCUT2D eigenvalue weighted by molar-refractivity contribution is 0.146. The maximum atomic E-state index is 5.67. The zero-order valence-electron chi connectivity index (χ0n) is 12.1. The van der Waals surface area contributed by atoms with Crippen molar-refractivity contribution in [2.45, 2.75) is 31.0 Å². The first kappa shape index (κ1) is 16.3. The van der Waals surface area contributed by atoms with Gasteiger partial charge in [0.1, 0.15) is 12.4 Å². The average Bonchev–Trinajstić information content (AvgIpc) is 2.86. The lowest BCUT2D eigenvalue weighted by Crippen LogP contribution is -2.11. The number of ether oxygens (including phenoxy) is 2. The van der Waals surface area contributed by atoms with Crippen LogP contribution in [0.4, 0.5) is 0 Å². The topological polar surface area (TPSA) is 18.5 Å². The summed E-state index contributed by atoms with van der Waals surface area (Å²) in [4.78, 5) is 0.435. The fourth-order valence-electron chi connectivity index (χ4n) is 2.90. The normalized spacial score (nSPS) is 23.8. The molecule has 3 unspecified atom stereocenters. The second-order valence-corrected chi connectivity index (χ2v) is 7.35. The molecule has 2 rings (SSSR count). The number of hydrogen-bond acceptors (Lipinski definition) is 2. The van der Waals surface area contributed by atoms with Gasteiger partial charge < -0.3 is 9.47 Å². The van der Waals surface area contributed by atoms with Gasteiger partial charge in [-0.1, -0.05) is 41.8 Å². The molecule has 1 aromatic carbocycles. The molecule has 0 saturated heterocycles. The van der Waals surface area contributed by atoms with Gasteiger partial charge in [-0.05, 0) is 51.9 Å². The van der Waals surface area contributed by atoms with Crippen LogP contribution in [-0.2, 0) is 4.74 Å². The Hall–Kier alpha value is -0.0600. The molecule has 20 heavy (non-hydrogen) atoms. The molecular formula is C16H22Br2O2. The number of methoxy groups -OCH3 is 1. The number of rotatable bonds is 6. The molecular weight excluding hydrogens is 384 g/mol. The molecule has 0 radical (unpaired) electrons. The molecule has 0 spiro atoms. The lowest BCUT2D eigenvalue weighted by atomic mass is 9.91. The number of hydrogen-bond donors (Lipinski definition) is 0. The van der Waals surface area contributed by atoms with Gasteiger partial charge in [-0.3, -0.25) is 0 Å². The Labute approximate surface area is 138 Å². The van der Waals surface area contributed by atoms with E-state index in [0.29, 0.717) is 18.0 Å². The van der Waals surface area contributed by atoms with Crippen molar-refractivity contribution in [2.75, 3.05) is 20.3 Å². The van der Waals surface area contributed by atoms with Gasteiger partial charge in [-0.15, -0.1) is 0 Å². The molecule has 112 valence electrons. The van der Waals surface area contributed by atoms with E-state index in [4.69, 9.17) is 9.47 Å². The Morgan fingerprint density at radius 1 is 1.30 bits per heavy atom. The maximum absolute atomic E-state index is 5.67. The third kappa shape index (κ3) is 3.99. The summed E-state index contributed by atoms with van der Waals surface area (Å²) in [6.45, 7) is 3.55. The summed E-state index contributed by atoms with van der Waals surface area (Å²) in [7, 11) is 1.68. The summed E-state index contributed by atoms with van der Waals surface area (Å²) in [5.74, 6) is 2.42. The van der Waals surface area contributed by atoms with Gasteiger partial charge in [-0.2, -0.15) is 0 Å². The molecule has 4 heteroatoms. The fourth-order valence-corrected chi connectivity index (χ4v) is 4.48. The molecule has 3 atom stereocenters. The van der Waals surface area contributed by atoms with E-state index in [0.717, 1.165) is 22.1 Å². The Kier molecular flexibility index (Phi) is 6.37. The van der Waals surface area contributed by atoms with Gasteiger partial charge in [0, 0.05) is 11.9 Å².